The van der Waals surface area contributed by atoms with E-state index in [1.54, 1.807) is 0 Å². The normalized spacial score (nSPS) is 18.8. The Kier molecular flexibility index (Phi) is 5.66. The van der Waals surface area contributed by atoms with Gasteiger partial charge in [0, 0.05) is 74.5 Å². The van der Waals surface area contributed by atoms with Gasteiger partial charge < -0.3 is 14.0 Å². The van der Waals surface area contributed by atoms with Gasteiger partial charge in [-0.2, -0.15) is 0 Å². The Bertz CT molecular complexity index is 4830. The van der Waals surface area contributed by atoms with E-state index in [1.165, 1.54) is 30.3 Å². The number of nitrogens with zero attached hydrogens (tertiary/aromatic N) is 3. The first kappa shape index (κ1) is 28.7. The van der Waals surface area contributed by atoms with Crippen molar-refractivity contribution < 1.29 is 24.7 Å². The van der Waals surface area contributed by atoms with Gasteiger partial charge in [0.25, 0.3) is 6.71 Å². The van der Waals surface area contributed by atoms with Crippen molar-refractivity contribution in [3.63, 3.8) is 0 Å². The number of fused-ring (bicyclic) bond motifs is 10. The summed E-state index contributed by atoms with van der Waals surface area (Å²) in [5, 5.41) is 4.30. The molecule has 0 unspecified atom stereocenters. The summed E-state index contributed by atoms with van der Waals surface area (Å²) in [6.45, 7) is -10.6. The highest BCUT2D eigenvalue weighted by atomic mass is 15.2. The molecule has 2 aliphatic heterocycles. The monoisotopic (exact) mass is 950 g/mol. The lowest BCUT2D eigenvalue weighted by Crippen LogP contribution is -2.60. The molecule has 4 heteroatoms. The van der Waals surface area contributed by atoms with E-state index in [0.29, 0.717) is 39.0 Å². The summed E-state index contributed by atoms with van der Waals surface area (Å²) < 4.78 is 166. The fraction of sp³-hybridized carbons (Fsp3) is 0.235. The molecule has 0 atom stereocenters. The van der Waals surface area contributed by atoms with Crippen LogP contribution in [0.1, 0.15) is 130 Å². The lowest BCUT2D eigenvalue weighted by Gasteiger charge is -2.41. The second kappa shape index (κ2) is 14.2. The molecule has 0 N–H and O–H groups in total. The molecule has 0 fully saturated rings. The minimum Gasteiger partial charge on any atom is -0.311 e. The molecule has 14 rings (SSSR count). The van der Waals surface area contributed by atoms with Crippen LogP contribution in [0.3, 0.4) is 0 Å². The van der Waals surface area contributed by atoms with Crippen molar-refractivity contribution in [1.29, 1.82) is 0 Å². The van der Waals surface area contributed by atoms with Crippen LogP contribution in [0.15, 0.2) is 158 Å². The first-order valence-corrected chi connectivity index (χ1v) is 24.7. The van der Waals surface area contributed by atoms with E-state index in [0.717, 1.165) is 77.3 Å². The van der Waals surface area contributed by atoms with Crippen LogP contribution in [-0.2, 0) is 21.7 Å². The van der Waals surface area contributed by atoms with Gasteiger partial charge in [0.2, 0.25) is 0 Å². The largest absolute Gasteiger partial charge is 0.311 e. The number of hydrogen-bond acceptors (Lipinski definition) is 1. The SMILES string of the molecule is [2H]C([2H])([2H])C(c1ccc2c(c1)c1cc(C(C([2H])([2H])[2H])(C([2H])([2H])[2H])C([2H])([2H])[2H])cc3c1n2-c1cc(-n2c4cccc5c4c4c6c(cccc6ccc42)-c2ccccc2-5)cc2c1B3c1cc(C(C)(C)C)ccc1N2c1ccc(C(C)(C)C)cc1)(C([2H])([2H])[2H])C([2H])([2H])[2H]. The van der Waals surface area contributed by atoms with Crippen molar-refractivity contribution in [2.75, 3.05) is 4.90 Å². The molecule has 352 valence electrons. The predicted octanol–water partition coefficient (Wildman–Crippen LogP) is 16.5. The molecule has 0 saturated heterocycles. The van der Waals surface area contributed by atoms with Gasteiger partial charge in [-0.25, -0.2) is 0 Å². The highest BCUT2D eigenvalue weighted by molar-refractivity contribution is 7.00. The van der Waals surface area contributed by atoms with Crippen molar-refractivity contribution in [3.8, 4) is 33.6 Å². The number of anilines is 3. The third-order valence-electron chi connectivity index (χ3n) is 16.0. The Morgan fingerprint density at radius 2 is 0.972 bits per heavy atom. The minimum absolute atomic E-state index is 0.0284. The smallest absolute Gasteiger partial charge is 0.252 e. The van der Waals surface area contributed by atoms with Gasteiger partial charge >= 0.3 is 0 Å². The maximum atomic E-state index is 9.10. The topological polar surface area (TPSA) is 13.1 Å². The Hall–Kier alpha value is -7.30. The van der Waals surface area contributed by atoms with E-state index >= 15 is 0 Å². The molecule has 0 amide bonds. The summed E-state index contributed by atoms with van der Waals surface area (Å²) in [6, 6.07) is 50.7. The molecular weight excluding hydrogens is 870 g/mol. The highest BCUT2D eigenvalue weighted by Crippen LogP contribution is 2.51. The molecule has 1 aliphatic carbocycles. The summed E-state index contributed by atoms with van der Waals surface area (Å²) in [5.74, 6) is 0. The van der Waals surface area contributed by atoms with Gasteiger partial charge in [-0.05, 0) is 154 Å². The van der Waals surface area contributed by atoms with Crippen LogP contribution < -0.4 is 21.3 Å². The lowest BCUT2D eigenvalue weighted by atomic mass is 9.33. The molecule has 3 aliphatic rings. The van der Waals surface area contributed by atoms with Crippen LogP contribution in [0.4, 0.5) is 17.1 Å². The van der Waals surface area contributed by atoms with Crippen LogP contribution in [0.5, 0.6) is 0 Å². The van der Waals surface area contributed by atoms with Crippen molar-refractivity contribution in [2.24, 2.45) is 0 Å². The van der Waals surface area contributed by atoms with Gasteiger partial charge in [-0.3, -0.25) is 0 Å². The fourth-order valence-corrected chi connectivity index (χ4v) is 12.6. The Morgan fingerprint density at radius 3 is 1.69 bits per heavy atom. The van der Waals surface area contributed by atoms with Crippen molar-refractivity contribution in [3.05, 3.63) is 180 Å². The van der Waals surface area contributed by atoms with Gasteiger partial charge in [0.05, 0.1) is 22.2 Å². The number of benzene rings is 9. The average molecular weight is 950 g/mol. The van der Waals surface area contributed by atoms with E-state index in [-0.39, 0.29) is 21.7 Å². The molecule has 0 spiro atoms. The fourth-order valence-electron chi connectivity index (χ4n) is 12.6. The molecule has 4 heterocycles. The zero-order valence-corrected chi connectivity index (χ0v) is 40.9. The van der Waals surface area contributed by atoms with Gasteiger partial charge in [0.1, 0.15) is 0 Å². The lowest BCUT2D eigenvalue weighted by molar-refractivity contribution is 0.590. The standard InChI is InChI=1S/C68H62BN3/c1-65(2,3)40-24-28-44(29-25-40)70-55-32-27-42(67(7,8)9)35-52(55)69-53-36-43(68(10,11)12)34-51-50-33-41(66(4,5)6)26-31-54(50)72(64(51)53)59-38-45(37-58(70)63(59)69)71-56-22-16-21-49-47-19-14-13-18-46(47)48-20-15-17-39-23-30-57(71)62(60(39)48)61(49)56/h13-38H,1-12H3/i4D3,5D3,6D3,10D3,11D3,12D3. The zero-order valence-electron chi connectivity index (χ0n) is 58.9. The molecule has 0 radical (unpaired) electrons. The summed E-state index contributed by atoms with van der Waals surface area (Å²) in [5.41, 5.74) is 4.94. The number of hydrogen-bond donors (Lipinski definition) is 0. The second-order valence-corrected chi connectivity index (χ2v) is 22.5. The summed E-state index contributed by atoms with van der Waals surface area (Å²) in [7, 11) is 0. The van der Waals surface area contributed by atoms with E-state index in [4.69, 9.17) is 24.7 Å². The highest BCUT2D eigenvalue weighted by Gasteiger charge is 2.44. The zero-order chi connectivity index (χ0) is 64.7. The third kappa shape index (κ3) is 5.93. The molecular formula is C68H62BN3. The molecule has 0 saturated carbocycles. The summed E-state index contributed by atoms with van der Waals surface area (Å²) in [4.78, 5) is 2.20. The van der Waals surface area contributed by atoms with Crippen LogP contribution in [0, 0.1) is 0 Å². The molecule has 11 aromatic rings. The molecule has 2 aromatic heterocycles. The first-order chi connectivity index (χ1) is 41.8. The Balaban J connectivity index is 1.22. The van der Waals surface area contributed by atoms with Gasteiger partial charge in [-0.1, -0.05) is 180 Å². The van der Waals surface area contributed by atoms with E-state index in [1.807, 2.05) is 10.6 Å². The van der Waals surface area contributed by atoms with Crippen LogP contribution in [0.2, 0.25) is 0 Å². The van der Waals surface area contributed by atoms with E-state index < -0.39 is 75.2 Å². The first-order valence-electron chi connectivity index (χ1n) is 33.7. The maximum Gasteiger partial charge on any atom is 0.252 e. The van der Waals surface area contributed by atoms with Crippen LogP contribution in [0.25, 0.3) is 88.0 Å². The molecule has 0 bridgehead atoms. The molecule has 9 aromatic carbocycles. The van der Waals surface area contributed by atoms with E-state index in [2.05, 4.69) is 172 Å². The Labute approximate surface area is 450 Å². The minimum atomic E-state index is -3.74. The van der Waals surface area contributed by atoms with Crippen LogP contribution >= 0.6 is 0 Å². The maximum absolute atomic E-state index is 9.10. The summed E-state index contributed by atoms with van der Waals surface area (Å²) in [6.07, 6.45) is 0. The van der Waals surface area contributed by atoms with Crippen molar-refractivity contribution in [1.82, 2.24) is 9.13 Å². The van der Waals surface area contributed by atoms with Crippen molar-refractivity contribution in [2.45, 2.75) is 104 Å². The van der Waals surface area contributed by atoms with E-state index in [9.17, 15) is 0 Å². The van der Waals surface area contributed by atoms with Crippen molar-refractivity contribution >= 4 is 94.5 Å². The number of rotatable bonds is 2. The van der Waals surface area contributed by atoms with Gasteiger partial charge in [0.15, 0.2) is 0 Å². The third-order valence-corrected chi connectivity index (χ3v) is 16.0. The molecule has 3 nitrogen and oxygen atoms in total. The van der Waals surface area contributed by atoms with Gasteiger partial charge in [-0.15, -0.1) is 0 Å². The van der Waals surface area contributed by atoms with Crippen LogP contribution in [-0.4, -0.2) is 15.8 Å². The summed E-state index contributed by atoms with van der Waals surface area (Å²) >= 11 is 0. The second-order valence-electron chi connectivity index (χ2n) is 22.5. The average Bonchev–Trinajstić information content (AvgIpc) is 1.34. The quantitative estimate of drug-likeness (QED) is 0.157. The molecule has 72 heavy (non-hydrogen) atoms. The number of aromatic nitrogens is 2. The predicted molar refractivity (Wildman–Crippen MR) is 311 cm³/mol. The Morgan fingerprint density at radius 1 is 0.389 bits per heavy atom.